The van der Waals surface area contributed by atoms with Gasteiger partial charge in [-0.25, -0.2) is 0 Å². The normalized spacial score (nSPS) is 21.3. The molecule has 0 spiro atoms. The number of rotatable bonds is 3. The lowest BCUT2D eigenvalue weighted by molar-refractivity contribution is -0.117. The van der Waals surface area contributed by atoms with Gasteiger partial charge in [0.1, 0.15) is 23.2 Å². The van der Waals surface area contributed by atoms with Crippen LogP contribution in [0.5, 0.6) is 5.75 Å². The zero-order valence-corrected chi connectivity index (χ0v) is 17.4. The summed E-state index contributed by atoms with van der Waals surface area (Å²) in [6.45, 7) is 0. The molecule has 2 N–H and O–H groups in total. The Morgan fingerprint density at radius 2 is 1.93 bits per heavy atom. The summed E-state index contributed by atoms with van der Waals surface area (Å²) in [6, 6.07) is 17.5. The standard InChI is InChI=1S/C23H19BrN2O3/c1-28-17-7-5-13(6-8-17)15-10-19(27)22-20(11-15)29-23(26)18(12-25)21(22)14-3-2-4-16(24)9-14/h2-9,15,21H,10-11,26H2,1H3/t15-,21+/m0/s1. The molecule has 0 unspecified atom stereocenters. The average Bonchev–Trinajstić information content (AvgIpc) is 2.72. The average molecular weight is 451 g/mol. The van der Waals surface area contributed by atoms with Gasteiger partial charge < -0.3 is 15.2 Å². The van der Waals surface area contributed by atoms with Crippen molar-refractivity contribution in [3.8, 4) is 11.8 Å². The number of hydrogen-bond donors (Lipinski definition) is 1. The van der Waals surface area contributed by atoms with Crippen molar-refractivity contribution >= 4 is 21.7 Å². The Morgan fingerprint density at radius 3 is 2.59 bits per heavy atom. The summed E-state index contributed by atoms with van der Waals surface area (Å²) in [7, 11) is 1.62. The Bertz CT molecular complexity index is 1080. The van der Waals surface area contributed by atoms with E-state index in [4.69, 9.17) is 15.2 Å². The molecule has 1 heterocycles. The lowest BCUT2D eigenvalue weighted by Gasteiger charge is -2.34. The van der Waals surface area contributed by atoms with Crippen molar-refractivity contribution in [3.63, 3.8) is 0 Å². The van der Waals surface area contributed by atoms with Gasteiger partial charge in [0.2, 0.25) is 5.88 Å². The third-order valence-electron chi connectivity index (χ3n) is 5.43. The van der Waals surface area contributed by atoms with E-state index in [2.05, 4.69) is 22.0 Å². The maximum atomic E-state index is 13.2. The van der Waals surface area contributed by atoms with Gasteiger partial charge in [-0.05, 0) is 41.3 Å². The second-order valence-corrected chi connectivity index (χ2v) is 8.03. The van der Waals surface area contributed by atoms with Crippen LogP contribution in [0.15, 0.2) is 75.8 Å². The molecule has 0 saturated heterocycles. The first kappa shape index (κ1) is 19.3. The largest absolute Gasteiger partial charge is 0.497 e. The van der Waals surface area contributed by atoms with E-state index in [-0.39, 0.29) is 23.2 Å². The molecule has 0 amide bonds. The molecule has 146 valence electrons. The molecule has 4 rings (SSSR count). The molecule has 0 bridgehead atoms. The number of carbonyl (C=O) groups is 1. The van der Waals surface area contributed by atoms with Gasteiger partial charge >= 0.3 is 0 Å². The number of methoxy groups -OCH3 is 1. The van der Waals surface area contributed by atoms with Crippen molar-refractivity contribution < 1.29 is 14.3 Å². The highest BCUT2D eigenvalue weighted by atomic mass is 79.9. The third-order valence-corrected chi connectivity index (χ3v) is 5.92. The van der Waals surface area contributed by atoms with Crippen LogP contribution in [0, 0.1) is 11.3 Å². The molecular formula is C23H19BrN2O3. The fraction of sp³-hybridized carbons (Fsp3) is 0.217. The summed E-state index contributed by atoms with van der Waals surface area (Å²) >= 11 is 3.47. The molecule has 0 radical (unpaired) electrons. The van der Waals surface area contributed by atoms with E-state index in [1.165, 1.54) is 0 Å². The van der Waals surface area contributed by atoms with Crippen molar-refractivity contribution in [1.82, 2.24) is 0 Å². The highest BCUT2D eigenvalue weighted by Crippen LogP contribution is 2.47. The van der Waals surface area contributed by atoms with Gasteiger partial charge in [-0.2, -0.15) is 5.26 Å². The van der Waals surface area contributed by atoms with Gasteiger partial charge in [-0.15, -0.1) is 0 Å². The van der Waals surface area contributed by atoms with E-state index < -0.39 is 5.92 Å². The van der Waals surface area contributed by atoms with Crippen molar-refractivity contribution in [2.45, 2.75) is 24.7 Å². The molecule has 0 saturated carbocycles. The number of allylic oxidation sites excluding steroid dienone is 3. The Morgan fingerprint density at radius 1 is 1.17 bits per heavy atom. The van der Waals surface area contributed by atoms with Gasteiger partial charge in [0.15, 0.2) is 5.78 Å². The second kappa shape index (κ2) is 7.76. The number of nitriles is 1. The first-order chi connectivity index (χ1) is 14.0. The molecule has 5 nitrogen and oxygen atoms in total. The summed E-state index contributed by atoms with van der Waals surface area (Å²) in [5.41, 5.74) is 8.79. The number of Topliss-reactive ketones (excluding diaryl/α,β-unsaturated/α-hetero) is 1. The van der Waals surface area contributed by atoms with Crippen molar-refractivity contribution in [1.29, 1.82) is 5.26 Å². The van der Waals surface area contributed by atoms with Gasteiger partial charge in [0.05, 0.1) is 13.0 Å². The van der Waals surface area contributed by atoms with Gasteiger partial charge in [0, 0.05) is 22.9 Å². The zero-order chi connectivity index (χ0) is 20.5. The van der Waals surface area contributed by atoms with E-state index in [1.54, 1.807) is 7.11 Å². The fourth-order valence-corrected chi connectivity index (χ4v) is 4.46. The van der Waals surface area contributed by atoms with E-state index >= 15 is 0 Å². The van der Waals surface area contributed by atoms with Crippen LogP contribution in [0.25, 0.3) is 0 Å². The third kappa shape index (κ3) is 3.54. The Balaban J connectivity index is 1.75. The number of carbonyl (C=O) groups excluding carboxylic acids is 1. The lowest BCUT2D eigenvalue weighted by atomic mass is 9.73. The number of halogens is 1. The maximum Gasteiger partial charge on any atom is 0.205 e. The van der Waals surface area contributed by atoms with Crippen LogP contribution in [-0.4, -0.2) is 12.9 Å². The molecule has 29 heavy (non-hydrogen) atoms. The molecule has 6 heteroatoms. The highest BCUT2D eigenvalue weighted by Gasteiger charge is 2.40. The van der Waals surface area contributed by atoms with Crippen LogP contribution >= 0.6 is 15.9 Å². The monoisotopic (exact) mass is 450 g/mol. The number of ketones is 1. The minimum atomic E-state index is -0.509. The van der Waals surface area contributed by atoms with E-state index in [0.717, 1.165) is 21.3 Å². The fourth-order valence-electron chi connectivity index (χ4n) is 4.04. The van der Waals surface area contributed by atoms with Gasteiger partial charge in [-0.1, -0.05) is 40.2 Å². The summed E-state index contributed by atoms with van der Waals surface area (Å²) in [4.78, 5) is 13.2. The van der Waals surface area contributed by atoms with Gasteiger partial charge in [-0.3, -0.25) is 4.79 Å². The van der Waals surface area contributed by atoms with Crippen molar-refractivity contribution in [3.05, 3.63) is 86.9 Å². The topological polar surface area (TPSA) is 85.3 Å². The second-order valence-electron chi connectivity index (χ2n) is 7.12. The summed E-state index contributed by atoms with van der Waals surface area (Å²) in [5, 5.41) is 9.69. The predicted molar refractivity (Wildman–Crippen MR) is 112 cm³/mol. The van der Waals surface area contributed by atoms with Crippen LogP contribution in [-0.2, 0) is 9.53 Å². The van der Waals surface area contributed by atoms with E-state index in [1.807, 2.05) is 48.5 Å². The molecule has 1 aliphatic carbocycles. The smallest absolute Gasteiger partial charge is 0.205 e. The lowest BCUT2D eigenvalue weighted by Crippen LogP contribution is -2.29. The number of benzene rings is 2. The quantitative estimate of drug-likeness (QED) is 0.734. The summed E-state index contributed by atoms with van der Waals surface area (Å²) in [6.07, 6.45) is 0.912. The first-order valence-corrected chi connectivity index (χ1v) is 10.0. The zero-order valence-electron chi connectivity index (χ0n) is 15.8. The Labute approximate surface area is 177 Å². The molecule has 2 aromatic carbocycles. The minimum Gasteiger partial charge on any atom is -0.497 e. The molecule has 1 aliphatic heterocycles. The van der Waals surface area contributed by atoms with Crippen LogP contribution in [0.4, 0.5) is 0 Å². The predicted octanol–water partition coefficient (Wildman–Crippen LogP) is 4.67. The molecular weight excluding hydrogens is 432 g/mol. The van der Waals surface area contributed by atoms with Crippen molar-refractivity contribution in [2.24, 2.45) is 5.73 Å². The maximum absolute atomic E-state index is 13.2. The van der Waals surface area contributed by atoms with Crippen LogP contribution in [0.2, 0.25) is 0 Å². The highest BCUT2D eigenvalue weighted by molar-refractivity contribution is 9.10. The van der Waals surface area contributed by atoms with Crippen LogP contribution in [0.1, 0.15) is 35.8 Å². The SMILES string of the molecule is COc1ccc([C@H]2CC(=O)C3=C(C2)OC(N)=C(C#N)[C@H]3c2cccc(Br)c2)cc1. The number of nitrogens with zero attached hydrogens (tertiary/aromatic N) is 1. The van der Waals surface area contributed by atoms with Crippen LogP contribution in [0.3, 0.4) is 0 Å². The molecule has 2 aliphatic rings. The first-order valence-electron chi connectivity index (χ1n) is 9.25. The summed E-state index contributed by atoms with van der Waals surface area (Å²) in [5.74, 6) is 0.864. The molecule has 0 fully saturated rings. The number of ether oxygens (including phenoxy) is 2. The summed E-state index contributed by atoms with van der Waals surface area (Å²) < 4.78 is 11.9. The molecule has 2 aromatic rings. The Kier molecular flexibility index (Phi) is 5.16. The van der Waals surface area contributed by atoms with E-state index in [0.29, 0.717) is 24.2 Å². The van der Waals surface area contributed by atoms with Crippen LogP contribution < -0.4 is 10.5 Å². The van der Waals surface area contributed by atoms with Crippen molar-refractivity contribution in [2.75, 3.05) is 7.11 Å². The minimum absolute atomic E-state index is 0.00764. The number of nitrogens with two attached hydrogens (primary N) is 1. The Hall–Kier alpha value is -3.04. The molecule has 0 aromatic heterocycles. The van der Waals surface area contributed by atoms with E-state index in [9.17, 15) is 10.1 Å². The van der Waals surface area contributed by atoms with Gasteiger partial charge in [0.25, 0.3) is 0 Å². The number of hydrogen-bond acceptors (Lipinski definition) is 5. The molecule has 2 atom stereocenters.